The number of aromatic amines is 1. The van der Waals surface area contributed by atoms with Crippen molar-refractivity contribution >= 4 is 22.6 Å². The van der Waals surface area contributed by atoms with Crippen LogP contribution in [0.3, 0.4) is 0 Å². The van der Waals surface area contributed by atoms with Crippen LogP contribution in [0.15, 0.2) is 18.2 Å². The maximum absolute atomic E-state index is 6.13. The molecule has 2 nitrogen and oxygen atoms in total. The van der Waals surface area contributed by atoms with E-state index in [1.165, 1.54) is 32.1 Å². The molecule has 1 saturated carbocycles. The molecule has 1 aromatic heterocycles. The number of H-pyrrole nitrogens is 1. The maximum atomic E-state index is 6.13. The van der Waals surface area contributed by atoms with Crippen molar-refractivity contribution in [1.29, 1.82) is 0 Å². The molecule has 1 aliphatic carbocycles. The Labute approximate surface area is 100 Å². The van der Waals surface area contributed by atoms with E-state index in [9.17, 15) is 0 Å². The Balaban J connectivity index is 2.01. The second kappa shape index (κ2) is 4.10. The molecule has 1 aliphatic rings. The van der Waals surface area contributed by atoms with Crippen LogP contribution in [0.2, 0.25) is 5.02 Å². The lowest BCUT2D eigenvalue weighted by molar-refractivity contribution is 0.431. The highest BCUT2D eigenvalue weighted by Crippen LogP contribution is 2.33. The monoisotopic (exact) mass is 234 g/mol. The van der Waals surface area contributed by atoms with Crippen LogP contribution in [0.5, 0.6) is 0 Å². The van der Waals surface area contributed by atoms with Crippen LogP contribution in [0, 0.1) is 0 Å². The zero-order valence-corrected chi connectivity index (χ0v) is 9.93. The Morgan fingerprint density at radius 3 is 2.75 bits per heavy atom. The Hall–Kier alpha value is -1.02. The van der Waals surface area contributed by atoms with Gasteiger partial charge in [-0.25, -0.2) is 4.98 Å². The SMILES string of the molecule is Clc1cccc2[nH]c(C3CCCCC3)nc12. The molecule has 0 aliphatic heterocycles. The number of para-hydroxylation sites is 1. The lowest BCUT2D eigenvalue weighted by Crippen LogP contribution is -2.05. The molecule has 0 saturated heterocycles. The summed E-state index contributed by atoms with van der Waals surface area (Å²) in [5, 5.41) is 0.746. The van der Waals surface area contributed by atoms with Gasteiger partial charge in [0.15, 0.2) is 0 Å². The van der Waals surface area contributed by atoms with Gasteiger partial charge in [-0.1, -0.05) is 36.9 Å². The lowest BCUT2D eigenvalue weighted by Gasteiger charge is -2.18. The largest absolute Gasteiger partial charge is 0.342 e. The summed E-state index contributed by atoms with van der Waals surface area (Å²) < 4.78 is 0. The standard InChI is InChI=1S/C13H15ClN2/c14-10-7-4-8-11-12(10)16-13(15-11)9-5-2-1-3-6-9/h4,7-9H,1-3,5-6H2,(H,15,16). The second-order valence-electron chi connectivity index (χ2n) is 4.59. The van der Waals surface area contributed by atoms with Gasteiger partial charge in [-0.15, -0.1) is 0 Å². The van der Waals surface area contributed by atoms with Crippen LogP contribution < -0.4 is 0 Å². The highest BCUT2D eigenvalue weighted by atomic mass is 35.5. The van der Waals surface area contributed by atoms with Gasteiger partial charge in [0.1, 0.15) is 11.3 Å². The molecule has 16 heavy (non-hydrogen) atoms. The van der Waals surface area contributed by atoms with E-state index in [1.807, 2.05) is 18.2 Å². The molecular formula is C13H15ClN2. The van der Waals surface area contributed by atoms with Gasteiger partial charge in [0.05, 0.1) is 10.5 Å². The zero-order valence-electron chi connectivity index (χ0n) is 9.17. The van der Waals surface area contributed by atoms with Crippen molar-refractivity contribution in [2.24, 2.45) is 0 Å². The number of benzene rings is 1. The molecule has 84 valence electrons. The first-order chi connectivity index (χ1) is 7.84. The molecule has 0 unspecified atom stereocenters. The minimum Gasteiger partial charge on any atom is -0.342 e. The van der Waals surface area contributed by atoms with Crippen molar-refractivity contribution in [3.63, 3.8) is 0 Å². The summed E-state index contributed by atoms with van der Waals surface area (Å²) in [6, 6.07) is 5.91. The van der Waals surface area contributed by atoms with E-state index in [2.05, 4.69) is 9.97 Å². The summed E-state index contributed by atoms with van der Waals surface area (Å²) in [5.41, 5.74) is 1.98. The quantitative estimate of drug-likeness (QED) is 0.785. The number of aromatic nitrogens is 2. The lowest BCUT2D eigenvalue weighted by atomic mass is 9.89. The van der Waals surface area contributed by atoms with Crippen molar-refractivity contribution in [3.8, 4) is 0 Å². The zero-order chi connectivity index (χ0) is 11.0. The van der Waals surface area contributed by atoms with Crippen LogP contribution in [-0.4, -0.2) is 9.97 Å². The minimum atomic E-state index is 0.609. The highest BCUT2D eigenvalue weighted by Gasteiger charge is 2.19. The van der Waals surface area contributed by atoms with Gasteiger partial charge >= 0.3 is 0 Å². The number of halogens is 1. The third-order valence-electron chi connectivity index (χ3n) is 3.47. The van der Waals surface area contributed by atoms with Gasteiger partial charge in [0.25, 0.3) is 0 Å². The van der Waals surface area contributed by atoms with Gasteiger partial charge in [-0.2, -0.15) is 0 Å². The molecule has 1 heterocycles. The predicted molar refractivity (Wildman–Crippen MR) is 66.9 cm³/mol. The molecule has 1 fully saturated rings. The molecule has 0 bridgehead atoms. The molecular weight excluding hydrogens is 220 g/mol. The van der Waals surface area contributed by atoms with Crippen LogP contribution in [0.1, 0.15) is 43.8 Å². The molecule has 3 rings (SSSR count). The van der Waals surface area contributed by atoms with Crippen molar-refractivity contribution in [2.75, 3.05) is 0 Å². The molecule has 0 atom stereocenters. The van der Waals surface area contributed by atoms with E-state index in [-0.39, 0.29) is 0 Å². The number of nitrogens with one attached hydrogen (secondary N) is 1. The summed E-state index contributed by atoms with van der Waals surface area (Å²) in [5.74, 6) is 1.74. The Bertz CT molecular complexity index is 498. The fourth-order valence-electron chi connectivity index (χ4n) is 2.59. The Morgan fingerprint density at radius 1 is 1.19 bits per heavy atom. The normalized spacial score (nSPS) is 18.1. The number of rotatable bonds is 1. The van der Waals surface area contributed by atoms with Gasteiger partial charge in [-0.05, 0) is 25.0 Å². The first-order valence-electron chi connectivity index (χ1n) is 5.99. The molecule has 2 aromatic rings. The predicted octanol–water partition coefficient (Wildman–Crippen LogP) is 4.26. The topological polar surface area (TPSA) is 28.7 Å². The fraction of sp³-hybridized carbons (Fsp3) is 0.462. The van der Waals surface area contributed by atoms with Crippen molar-refractivity contribution in [1.82, 2.24) is 9.97 Å². The number of hydrogen-bond acceptors (Lipinski definition) is 1. The van der Waals surface area contributed by atoms with E-state index >= 15 is 0 Å². The summed E-state index contributed by atoms with van der Waals surface area (Å²) >= 11 is 6.13. The van der Waals surface area contributed by atoms with Crippen LogP contribution in [-0.2, 0) is 0 Å². The number of hydrogen-bond donors (Lipinski definition) is 1. The summed E-state index contributed by atoms with van der Waals surface area (Å²) in [6.07, 6.45) is 6.55. The summed E-state index contributed by atoms with van der Waals surface area (Å²) in [6.45, 7) is 0. The summed E-state index contributed by atoms with van der Waals surface area (Å²) in [4.78, 5) is 8.06. The van der Waals surface area contributed by atoms with E-state index in [1.54, 1.807) is 0 Å². The average Bonchev–Trinajstić information content (AvgIpc) is 2.76. The third kappa shape index (κ3) is 1.71. The first kappa shape index (κ1) is 10.2. The van der Waals surface area contributed by atoms with E-state index in [0.29, 0.717) is 5.92 Å². The molecule has 0 spiro atoms. The van der Waals surface area contributed by atoms with Crippen LogP contribution in [0.25, 0.3) is 11.0 Å². The minimum absolute atomic E-state index is 0.609. The van der Waals surface area contributed by atoms with E-state index in [4.69, 9.17) is 11.6 Å². The Kier molecular flexibility index (Phi) is 2.60. The molecule has 1 aromatic carbocycles. The number of imidazole rings is 1. The second-order valence-corrected chi connectivity index (χ2v) is 5.00. The molecule has 0 radical (unpaired) electrons. The first-order valence-corrected chi connectivity index (χ1v) is 6.36. The average molecular weight is 235 g/mol. The fourth-order valence-corrected chi connectivity index (χ4v) is 2.80. The van der Waals surface area contributed by atoms with Crippen LogP contribution >= 0.6 is 11.6 Å². The Morgan fingerprint density at radius 2 is 2.00 bits per heavy atom. The maximum Gasteiger partial charge on any atom is 0.110 e. The van der Waals surface area contributed by atoms with Crippen molar-refractivity contribution in [3.05, 3.63) is 29.0 Å². The third-order valence-corrected chi connectivity index (χ3v) is 3.78. The van der Waals surface area contributed by atoms with E-state index in [0.717, 1.165) is 21.9 Å². The van der Waals surface area contributed by atoms with E-state index < -0.39 is 0 Å². The van der Waals surface area contributed by atoms with Crippen molar-refractivity contribution < 1.29 is 0 Å². The van der Waals surface area contributed by atoms with Gasteiger partial charge < -0.3 is 4.98 Å². The van der Waals surface area contributed by atoms with Gasteiger partial charge in [-0.3, -0.25) is 0 Å². The van der Waals surface area contributed by atoms with Crippen LogP contribution in [0.4, 0.5) is 0 Å². The highest BCUT2D eigenvalue weighted by molar-refractivity contribution is 6.34. The summed E-state index contributed by atoms with van der Waals surface area (Å²) in [7, 11) is 0. The number of nitrogens with zero attached hydrogens (tertiary/aromatic N) is 1. The molecule has 1 N–H and O–H groups in total. The smallest absolute Gasteiger partial charge is 0.110 e. The van der Waals surface area contributed by atoms with Gasteiger partial charge in [0, 0.05) is 5.92 Å². The molecule has 3 heteroatoms. The van der Waals surface area contributed by atoms with Gasteiger partial charge in [0.2, 0.25) is 0 Å². The van der Waals surface area contributed by atoms with Crippen molar-refractivity contribution in [2.45, 2.75) is 38.0 Å². The number of fused-ring (bicyclic) bond motifs is 1. The molecule has 0 amide bonds.